The zero-order valence-electron chi connectivity index (χ0n) is 10.2. The topological polar surface area (TPSA) is 15.3 Å². The van der Waals surface area contributed by atoms with Gasteiger partial charge in [-0.15, -0.1) is 0 Å². The quantitative estimate of drug-likeness (QED) is 0.765. The molecule has 0 amide bonds. The van der Waals surface area contributed by atoms with Crippen LogP contribution in [0.3, 0.4) is 0 Å². The molecule has 15 heavy (non-hydrogen) atoms. The molecule has 2 fully saturated rings. The Morgan fingerprint density at radius 3 is 2.33 bits per heavy atom. The molecule has 2 heteroatoms. The first-order chi connectivity index (χ1) is 7.40. The van der Waals surface area contributed by atoms with Gasteiger partial charge in [0.25, 0.3) is 0 Å². The molecule has 88 valence electrons. The maximum atomic E-state index is 3.48. The van der Waals surface area contributed by atoms with Gasteiger partial charge in [0.2, 0.25) is 0 Å². The number of rotatable bonds is 4. The third kappa shape index (κ3) is 3.18. The predicted molar refractivity (Wildman–Crippen MR) is 65.1 cm³/mol. The van der Waals surface area contributed by atoms with Crippen molar-refractivity contribution in [1.29, 1.82) is 0 Å². The molecule has 0 spiro atoms. The summed E-state index contributed by atoms with van der Waals surface area (Å²) in [6, 6.07) is 0.949. The zero-order chi connectivity index (χ0) is 10.5. The summed E-state index contributed by atoms with van der Waals surface area (Å²) in [5, 5.41) is 3.48. The zero-order valence-corrected chi connectivity index (χ0v) is 10.2. The summed E-state index contributed by atoms with van der Waals surface area (Å²) < 4.78 is 0. The molecule has 0 atom stereocenters. The highest BCUT2D eigenvalue weighted by Crippen LogP contribution is 2.27. The standard InChI is InChI=1S/C13H26N2/c1-2-14-11-12-7-9-15(10-8-12)13-5-3-4-6-13/h12-14H,2-11H2,1H3. The van der Waals surface area contributed by atoms with E-state index in [-0.39, 0.29) is 0 Å². The van der Waals surface area contributed by atoms with E-state index in [0.717, 1.165) is 18.5 Å². The monoisotopic (exact) mass is 210 g/mol. The maximum absolute atomic E-state index is 3.48. The number of hydrogen-bond acceptors (Lipinski definition) is 2. The van der Waals surface area contributed by atoms with Crippen molar-refractivity contribution in [1.82, 2.24) is 10.2 Å². The minimum atomic E-state index is 0.947. The number of nitrogens with zero attached hydrogens (tertiary/aromatic N) is 1. The molecule has 0 aromatic carbocycles. The summed E-state index contributed by atoms with van der Waals surface area (Å²) >= 11 is 0. The minimum Gasteiger partial charge on any atom is -0.317 e. The molecule has 2 rings (SSSR count). The lowest BCUT2D eigenvalue weighted by Crippen LogP contribution is -2.42. The molecule has 1 saturated heterocycles. The Morgan fingerprint density at radius 2 is 1.73 bits per heavy atom. The van der Waals surface area contributed by atoms with Crippen molar-refractivity contribution in [3.8, 4) is 0 Å². The van der Waals surface area contributed by atoms with Crippen LogP contribution < -0.4 is 5.32 Å². The molecule has 0 bridgehead atoms. The fourth-order valence-electron chi connectivity index (χ4n) is 3.14. The van der Waals surface area contributed by atoms with Crippen molar-refractivity contribution in [2.45, 2.75) is 51.5 Å². The van der Waals surface area contributed by atoms with E-state index in [0.29, 0.717) is 0 Å². The molecule has 1 aliphatic carbocycles. The Balaban J connectivity index is 1.67. The largest absolute Gasteiger partial charge is 0.317 e. The molecular weight excluding hydrogens is 184 g/mol. The lowest BCUT2D eigenvalue weighted by atomic mass is 9.95. The van der Waals surface area contributed by atoms with Crippen LogP contribution in [0.4, 0.5) is 0 Å². The van der Waals surface area contributed by atoms with Crippen LogP contribution in [-0.2, 0) is 0 Å². The van der Waals surface area contributed by atoms with Crippen LogP contribution in [0.25, 0.3) is 0 Å². The van der Waals surface area contributed by atoms with Gasteiger partial charge in [0, 0.05) is 6.04 Å². The van der Waals surface area contributed by atoms with Gasteiger partial charge in [-0.2, -0.15) is 0 Å². The summed E-state index contributed by atoms with van der Waals surface area (Å²) in [4.78, 5) is 2.76. The fraction of sp³-hybridized carbons (Fsp3) is 1.00. The van der Waals surface area contributed by atoms with Crippen LogP contribution in [0.5, 0.6) is 0 Å². The molecule has 1 heterocycles. The van der Waals surface area contributed by atoms with Crippen LogP contribution in [0.1, 0.15) is 45.4 Å². The molecule has 1 N–H and O–H groups in total. The van der Waals surface area contributed by atoms with Crippen molar-refractivity contribution >= 4 is 0 Å². The fourth-order valence-corrected chi connectivity index (χ4v) is 3.14. The van der Waals surface area contributed by atoms with Gasteiger partial charge in [0.05, 0.1) is 0 Å². The second-order valence-electron chi connectivity index (χ2n) is 5.23. The lowest BCUT2D eigenvalue weighted by molar-refractivity contribution is 0.133. The Morgan fingerprint density at radius 1 is 1.07 bits per heavy atom. The van der Waals surface area contributed by atoms with Gasteiger partial charge in [-0.25, -0.2) is 0 Å². The summed E-state index contributed by atoms with van der Waals surface area (Å²) in [6.07, 6.45) is 8.73. The van der Waals surface area contributed by atoms with E-state index in [4.69, 9.17) is 0 Å². The first-order valence-electron chi connectivity index (χ1n) is 6.85. The third-order valence-electron chi connectivity index (χ3n) is 4.17. The molecule has 0 aromatic rings. The summed E-state index contributed by atoms with van der Waals surface area (Å²) in [7, 11) is 0. The molecule has 1 saturated carbocycles. The van der Waals surface area contributed by atoms with Crippen LogP contribution in [0.2, 0.25) is 0 Å². The minimum absolute atomic E-state index is 0.947. The van der Waals surface area contributed by atoms with E-state index < -0.39 is 0 Å². The normalized spacial score (nSPS) is 26.2. The molecule has 0 unspecified atom stereocenters. The lowest BCUT2D eigenvalue weighted by Gasteiger charge is -2.36. The van der Waals surface area contributed by atoms with Gasteiger partial charge in [-0.1, -0.05) is 19.8 Å². The van der Waals surface area contributed by atoms with Crippen molar-refractivity contribution < 1.29 is 0 Å². The van der Waals surface area contributed by atoms with Crippen LogP contribution in [-0.4, -0.2) is 37.1 Å². The maximum Gasteiger partial charge on any atom is 0.00952 e. The van der Waals surface area contributed by atoms with Crippen molar-refractivity contribution in [2.24, 2.45) is 5.92 Å². The highest BCUT2D eigenvalue weighted by Gasteiger charge is 2.26. The van der Waals surface area contributed by atoms with E-state index >= 15 is 0 Å². The van der Waals surface area contributed by atoms with Crippen molar-refractivity contribution in [3.05, 3.63) is 0 Å². The molecule has 2 nitrogen and oxygen atoms in total. The Labute approximate surface area is 94.4 Å². The second-order valence-corrected chi connectivity index (χ2v) is 5.23. The number of piperidine rings is 1. The number of likely N-dealkylation sites (tertiary alicyclic amines) is 1. The Hall–Kier alpha value is -0.0800. The highest BCUT2D eigenvalue weighted by molar-refractivity contribution is 4.82. The van der Waals surface area contributed by atoms with Gasteiger partial charge in [0.1, 0.15) is 0 Å². The van der Waals surface area contributed by atoms with Crippen LogP contribution in [0, 0.1) is 5.92 Å². The van der Waals surface area contributed by atoms with E-state index in [1.165, 1.54) is 58.2 Å². The Kier molecular flexibility index (Phi) is 4.45. The Bertz CT molecular complexity index is 167. The average Bonchev–Trinajstić information content (AvgIpc) is 2.80. The predicted octanol–water partition coefficient (Wildman–Crippen LogP) is 2.25. The van der Waals surface area contributed by atoms with Gasteiger partial charge >= 0.3 is 0 Å². The number of nitrogens with one attached hydrogen (secondary N) is 1. The van der Waals surface area contributed by atoms with Gasteiger partial charge in [-0.05, 0) is 57.8 Å². The summed E-state index contributed by atoms with van der Waals surface area (Å²) in [5.41, 5.74) is 0. The van der Waals surface area contributed by atoms with Gasteiger partial charge in [0.15, 0.2) is 0 Å². The second kappa shape index (κ2) is 5.86. The first kappa shape index (κ1) is 11.4. The first-order valence-corrected chi connectivity index (χ1v) is 6.85. The number of hydrogen-bond donors (Lipinski definition) is 1. The van der Waals surface area contributed by atoms with E-state index in [1.54, 1.807) is 0 Å². The molecular formula is C13H26N2. The molecule has 1 aliphatic heterocycles. The van der Waals surface area contributed by atoms with E-state index in [2.05, 4.69) is 17.1 Å². The average molecular weight is 210 g/mol. The molecule has 0 aromatic heterocycles. The molecule has 0 radical (unpaired) electrons. The highest BCUT2D eigenvalue weighted by atomic mass is 15.2. The van der Waals surface area contributed by atoms with Gasteiger partial charge < -0.3 is 10.2 Å². The van der Waals surface area contributed by atoms with Crippen molar-refractivity contribution in [3.63, 3.8) is 0 Å². The van der Waals surface area contributed by atoms with E-state index in [9.17, 15) is 0 Å². The van der Waals surface area contributed by atoms with Gasteiger partial charge in [-0.3, -0.25) is 0 Å². The smallest absolute Gasteiger partial charge is 0.00952 e. The van der Waals surface area contributed by atoms with Crippen LogP contribution in [0.15, 0.2) is 0 Å². The SMILES string of the molecule is CCNCC1CCN(C2CCCC2)CC1. The summed E-state index contributed by atoms with van der Waals surface area (Å²) in [5.74, 6) is 0.947. The van der Waals surface area contributed by atoms with E-state index in [1.807, 2.05) is 0 Å². The third-order valence-corrected chi connectivity index (χ3v) is 4.17. The molecule has 2 aliphatic rings. The van der Waals surface area contributed by atoms with Crippen LogP contribution >= 0.6 is 0 Å². The van der Waals surface area contributed by atoms with Crippen molar-refractivity contribution in [2.75, 3.05) is 26.2 Å². The summed E-state index contributed by atoms with van der Waals surface area (Å²) in [6.45, 7) is 7.30.